The van der Waals surface area contributed by atoms with Gasteiger partial charge in [0, 0.05) is 18.0 Å². The lowest BCUT2D eigenvalue weighted by molar-refractivity contribution is 0.0673. The van der Waals surface area contributed by atoms with Crippen molar-refractivity contribution in [2.75, 3.05) is 20.2 Å². The number of carbonyl (C=O) groups is 1. The lowest BCUT2D eigenvalue weighted by atomic mass is 10.1. The third-order valence-corrected chi connectivity index (χ3v) is 5.19. The smallest absolute Gasteiger partial charge is 0.267 e. The van der Waals surface area contributed by atoms with Gasteiger partial charge in [0.1, 0.15) is 22.3 Å². The van der Waals surface area contributed by atoms with Gasteiger partial charge in [-0.15, -0.1) is 11.3 Å². The van der Waals surface area contributed by atoms with Crippen molar-refractivity contribution in [3.05, 3.63) is 27.5 Å². The van der Waals surface area contributed by atoms with E-state index in [4.69, 9.17) is 4.74 Å². The average Bonchev–Trinajstić information content (AvgIpc) is 3.08. The molecule has 23 heavy (non-hydrogen) atoms. The second-order valence-electron chi connectivity index (χ2n) is 5.95. The van der Waals surface area contributed by atoms with E-state index in [9.17, 15) is 4.79 Å². The lowest BCUT2D eigenvalue weighted by Crippen LogP contribution is -2.41. The van der Waals surface area contributed by atoms with Crippen molar-refractivity contribution in [1.82, 2.24) is 19.7 Å². The maximum atomic E-state index is 12.9. The van der Waals surface area contributed by atoms with Gasteiger partial charge >= 0.3 is 0 Å². The number of aromatic nitrogens is 3. The van der Waals surface area contributed by atoms with Crippen molar-refractivity contribution in [1.29, 1.82) is 0 Å². The molecule has 1 saturated heterocycles. The maximum Gasteiger partial charge on any atom is 0.267 e. The summed E-state index contributed by atoms with van der Waals surface area (Å²) in [4.78, 5) is 20.9. The van der Waals surface area contributed by atoms with Gasteiger partial charge in [0.15, 0.2) is 0 Å². The zero-order valence-electron chi connectivity index (χ0n) is 14.0. The zero-order valence-corrected chi connectivity index (χ0v) is 14.8. The van der Waals surface area contributed by atoms with E-state index in [1.807, 2.05) is 36.4 Å². The number of hydrogen-bond donors (Lipinski definition) is 0. The number of likely N-dealkylation sites (tertiary alicyclic amines) is 1. The summed E-state index contributed by atoms with van der Waals surface area (Å²) in [7, 11) is 1.61. The molecule has 0 N–H and O–H groups in total. The molecule has 0 bridgehead atoms. The van der Waals surface area contributed by atoms with E-state index in [0.717, 1.165) is 35.9 Å². The first-order chi connectivity index (χ1) is 11.0. The Morgan fingerprint density at radius 1 is 1.39 bits per heavy atom. The van der Waals surface area contributed by atoms with E-state index >= 15 is 0 Å². The van der Waals surface area contributed by atoms with Crippen LogP contribution in [-0.4, -0.2) is 45.8 Å². The SMILES string of the molecule is COc1cc(C)sc1C(=O)N1CCC[C@@H](n2nc(C)nc2C)C1. The fourth-order valence-electron chi connectivity index (χ4n) is 3.16. The van der Waals surface area contributed by atoms with E-state index in [1.54, 1.807) is 7.11 Å². The van der Waals surface area contributed by atoms with Gasteiger partial charge < -0.3 is 9.64 Å². The molecule has 1 aliphatic heterocycles. The summed E-state index contributed by atoms with van der Waals surface area (Å²) in [5, 5.41) is 4.48. The fourth-order valence-corrected chi connectivity index (χ4v) is 4.10. The minimum atomic E-state index is 0.0548. The molecule has 0 radical (unpaired) electrons. The first-order valence-corrected chi connectivity index (χ1v) is 8.64. The van der Waals surface area contributed by atoms with Gasteiger partial charge in [-0.1, -0.05) is 0 Å². The minimum Gasteiger partial charge on any atom is -0.495 e. The van der Waals surface area contributed by atoms with E-state index in [-0.39, 0.29) is 11.9 Å². The highest BCUT2D eigenvalue weighted by molar-refractivity contribution is 7.14. The molecule has 2 aromatic rings. The van der Waals surface area contributed by atoms with E-state index < -0.39 is 0 Å². The lowest BCUT2D eigenvalue weighted by Gasteiger charge is -2.33. The van der Waals surface area contributed by atoms with Gasteiger partial charge in [-0.25, -0.2) is 9.67 Å². The minimum absolute atomic E-state index is 0.0548. The molecule has 1 atom stereocenters. The number of amides is 1. The normalized spacial score (nSPS) is 18.3. The number of aryl methyl sites for hydroxylation is 3. The van der Waals surface area contributed by atoms with Crippen LogP contribution in [0.25, 0.3) is 0 Å². The second-order valence-corrected chi connectivity index (χ2v) is 7.21. The maximum absolute atomic E-state index is 12.9. The average molecular weight is 334 g/mol. The summed E-state index contributed by atoms with van der Waals surface area (Å²) in [6, 6.07) is 2.12. The molecular weight excluding hydrogens is 312 g/mol. The van der Waals surface area contributed by atoms with Crippen LogP contribution in [0, 0.1) is 20.8 Å². The van der Waals surface area contributed by atoms with Gasteiger partial charge in [-0.2, -0.15) is 5.10 Å². The Labute approximate surface area is 140 Å². The molecule has 1 amide bonds. The molecule has 0 saturated carbocycles. The van der Waals surface area contributed by atoms with E-state index in [0.29, 0.717) is 17.2 Å². The van der Waals surface area contributed by atoms with Gasteiger partial charge in [-0.05, 0) is 39.7 Å². The Hall–Kier alpha value is -1.89. The highest BCUT2D eigenvalue weighted by atomic mass is 32.1. The van der Waals surface area contributed by atoms with Crippen LogP contribution in [0.2, 0.25) is 0 Å². The van der Waals surface area contributed by atoms with Gasteiger partial charge in [0.05, 0.1) is 13.2 Å². The highest BCUT2D eigenvalue weighted by Crippen LogP contribution is 2.32. The molecule has 0 unspecified atom stereocenters. The Balaban J connectivity index is 1.80. The summed E-state index contributed by atoms with van der Waals surface area (Å²) in [6.45, 7) is 7.30. The van der Waals surface area contributed by atoms with E-state index in [2.05, 4.69) is 10.1 Å². The standard InChI is InChI=1S/C16H22N4O2S/c1-10-8-14(22-4)15(23-10)16(21)19-7-5-6-13(9-19)20-12(3)17-11(2)18-20/h8,13H,5-7,9H2,1-4H3/t13-/m1/s1. The van der Waals surface area contributed by atoms with Crippen molar-refractivity contribution < 1.29 is 9.53 Å². The number of thiophene rings is 1. The number of ether oxygens (including phenoxy) is 1. The number of nitrogens with zero attached hydrogens (tertiary/aromatic N) is 4. The van der Waals surface area contributed by atoms with Crippen molar-refractivity contribution >= 4 is 17.2 Å². The quantitative estimate of drug-likeness (QED) is 0.866. The van der Waals surface area contributed by atoms with Crippen LogP contribution >= 0.6 is 11.3 Å². The number of hydrogen-bond acceptors (Lipinski definition) is 5. The van der Waals surface area contributed by atoms with Crippen molar-refractivity contribution in [3.8, 4) is 5.75 Å². The molecule has 7 heteroatoms. The molecule has 6 nitrogen and oxygen atoms in total. The summed E-state index contributed by atoms with van der Waals surface area (Å²) in [5.74, 6) is 2.42. The van der Waals surface area contributed by atoms with Gasteiger partial charge in [0.25, 0.3) is 5.91 Å². The third kappa shape index (κ3) is 3.10. The van der Waals surface area contributed by atoms with Gasteiger partial charge in [0.2, 0.25) is 0 Å². The highest BCUT2D eigenvalue weighted by Gasteiger charge is 2.29. The first kappa shape index (κ1) is 16.0. The number of carbonyl (C=O) groups excluding carboxylic acids is 1. The Kier molecular flexibility index (Phi) is 4.39. The summed E-state index contributed by atoms with van der Waals surface area (Å²) < 4.78 is 7.31. The predicted molar refractivity (Wildman–Crippen MR) is 89.3 cm³/mol. The predicted octanol–water partition coefficient (Wildman–Crippen LogP) is 2.75. The van der Waals surface area contributed by atoms with E-state index in [1.165, 1.54) is 11.3 Å². The van der Waals surface area contributed by atoms with Crippen LogP contribution < -0.4 is 4.74 Å². The van der Waals surface area contributed by atoms with Gasteiger partial charge in [-0.3, -0.25) is 4.79 Å². The van der Waals surface area contributed by atoms with Crippen molar-refractivity contribution in [2.45, 2.75) is 39.7 Å². The van der Waals surface area contributed by atoms with Crippen LogP contribution in [0.1, 0.15) is 45.1 Å². The second kappa shape index (κ2) is 6.31. The number of piperidine rings is 1. The summed E-state index contributed by atoms with van der Waals surface area (Å²) in [5.41, 5.74) is 0. The third-order valence-electron chi connectivity index (χ3n) is 4.17. The fraction of sp³-hybridized carbons (Fsp3) is 0.562. The number of rotatable bonds is 3. The van der Waals surface area contributed by atoms with Crippen LogP contribution in [-0.2, 0) is 0 Å². The molecule has 1 aliphatic rings. The molecular formula is C16H22N4O2S. The Bertz CT molecular complexity index is 722. The van der Waals surface area contributed by atoms with Crippen LogP contribution in [0.5, 0.6) is 5.75 Å². The molecule has 0 spiro atoms. The first-order valence-electron chi connectivity index (χ1n) is 7.83. The topological polar surface area (TPSA) is 60.2 Å². The zero-order chi connectivity index (χ0) is 16.6. The van der Waals surface area contributed by atoms with Crippen molar-refractivity contribution in [3.63, 3.8) is 0 Å². The largest absolute Gasteiger partial charge is 0.495 e. The summed E-state index contributed by atoms with van der Waals surface area (Å²) in [6.07, 6.45) is 2.00. The molecule has 124 valence electrons. The van der Waals surface area contributed by atoms with Crippen LogP contribution in [0.15, 0.2) is 6.07 Å². The van der Waals surface area contributed by atoms with Crippen molar-refractivity contribution in [2.24, 2.45) is 0 Å². The monoisotopic (exact) mass is 334 g/mol. The molecule has 0 aromatic carbocycles. The van der Waals surface area contributed by atoms with Crippen LogP contribution in [0.3, 0.4) is 0 Å². The van der Waals surface area contributed by atoms with Crippen LogP contribution in [0.4, 0.5) is 0 Å². The molecule has 3 heterocycles. The molecule has 0 aliphatic carbocycles. The Morgan fingerprint density at radius 3 is 2.83 bits per heavy atom. The number of methoxy groups -OCH3 is 1. The molecule has 3 rings (SSSR count). The molecule has 1 fully saturated rings. The Morgan fingerprint density at radius 2 is 2.17 bits per heavy atom. The summed E-state index contributed by atoms with van der Waals surface area (Å²) >= 11 is 1.49. The molecule has 2 aromatic heterocycles.